The van der Waals surface area contributed by atoms with E-state index in [1.807, 2.05) is 75.4 Å². The second kappa shape index (κ2) is 9.93. The van der Waals surface area contributed by atoms with E-state index in [1.54, 1.807) is 12.1 Å². The highest BCUT2D eigenvalue weighted by Crippen LogP contribution is 2.36. The number of sulfonamides is 1. The Kier molecular flexibility index (Phi) is 7.29. The smallest absolute Gasteiger partial charge is 0.210 e. The zero-order chi connectivity index (χ0) is 22.3. The van der Waals surface area contributed by atoms with Crippen LogP contribution in [-0.2, 0) is 15.4 Å². The molecule has 3 aromatic carbocycles. The van der Waals surface area contributed by atoms with Crippen LogP contribution in [0.5, 0.6) is 0 Å². The van der Waals surface area contributed by atoms with Crippen molar-refractivity contribution >= 4 is 10.0 Å². The zero-order valence-electron chi connectivity index (χ0n) is 18.3. The van der Waals surface area contributed by atoms with Gasteiger partial charge in [0.15, 0.2) is 0 Å². The van der Waals surface area contributed by atoms with Crippen molar-refractivity contribution in [1.82, 2.24) is 4.72 Å². The summed E-state index contributed by atoms with van der Waals surface area (Å²) in [4.78, 5) is 0.271. The van der Waals surface area contributed by atoms with Gasteiger partial charge in [-0.3, -0.25) is 0 Å². The predicted molar refractivity (Wildman–Crippen MR) is 128 cm³/mol. The minimum Gasteiger partial charge on any atom is -0.210 e. The van der Waals surface area contributed by atoms with Crippen LogP contribution in [0.4, 0.5) is 0 Å². The van der Waals surface area contributed by atoms with E-state index < -0.39 is 15.4 Å². The predicted octanol–water partition coefficient (Wildman–Crippen LogP) is 5.77. The van der Waals surface area contributed by atoms with Gasteiger partial charge in [-0.15, -0.1) is 5.73 Å². The van der Waals surface area contributed by atoms with Crippen LogP contribution in [0.3, 0.4) is 0 Å². The molecule has 0 heterocycles. The average molecular weight is 432 g/mol. The maximum atomic E-state index is 13.1. The lowest BCUT2D eigenvalue weighted by Crippen LogP contribution is -2.41. The Morgan fingerprint density at radius 3 is 1.87 bits per heavy atom. The summed E-state index contributed by atoms with van der Waals surface area (Å²) in [6.45, 7) is 6.18. The number of aryl methyl sites for hydroxylation is 1. The van der Waals surface area contributed by atoms with Crippen LogP contribution < -0.4 is 4.72 Å². The van der Waals surface area contributed by atoms with E-state index in [-0.39, 0.29) is 11.4 Å². The molecular weight excluding hydrogens is 402 g/mol. The van der Waals surface area contributed by atoms with Crippen molar-refractivity contribution in [2.75, 3.05) is 6.54 Å². The number of allylic oxidation sites excluding steroid dienone is 1. The first-order valence-corrected chi connectivity index (χ1v) is 11.9. The lowest BCUT2D eigenvalue weighted by Gasteiger charge is -2.34. The quantitative estimate of drug-likeness (QED) is 0.460. The number of hydrogen-bond donors (Lipinski definition) is 1. The van der Waals surface area contributed by atoms with E-state index in [2.05, 4.69) is 34.7 Å². The van der Waals surface area contributed by atoms with Gasteiger partial charge in [-0.2, -0.15) is 0 Å². The van der Waals surface area contributed by atoms with Gasteiger partial charge < -0.3 is 0 Å². The van der Waals surface area contributed by atoms with Gasteiger partial charge in [-0.1, -0.05) is 78.4 Å². The third kappa shape index (κ3) is 5.62. The second-order valence-electron chi connectivity index (χ2n) is 8.00. The highest BCUT2D eigenvalue weighted by molar-refractivity contribution is 7.89. The number of rotatable bonds is 8. The Morgan fingerprint density at radius 2 is 1.39 bits per heavy atom. The van der Waals surface area contributed by atoms with Gasteiger partial charge in [0.1, 0.15) is 0 Å². The van der Waals surface area contributed by atoms with Gasteiger partial charge in [0.2, 0.25) is 10.0 Å². The third-order valence-electron chi connectivity index (χ3n) is 5.39. The minimum atomic E-state index is -3.66. The van der Waals surface area contributed by atoms with Crippen molar-refractivity contribution in [3.63, 3.8) is 0 Å². The van der Waals surface area contributed by atoms with Crippen molar-refractivity contribution < 1.29 is 8.42 Å². The van der Waals surface area contributed by atoms with Crippen LogP contribution in [0.25, 0.3) is 0 Å². The zero-order valence-corrected chi connectivity index (χ0v) is 19.1. The molecule has 0 unspecified atom stereocenters. The summed E-state index contributed by atoms with van der Waals surface area (Å²) in [5.74, 6) is 0. The first-order chi connectivity index (χ1) is 14.8. The molecule has 0 amide bonds. The second-order valence-corrected chi connectivity index (χ2v) is 9.77. The standard InChI is InChI=1S/C27H29NO2S/c1-22(2)11-10-20-27(24-12-6-4-7-13-24,25-14-8-5-9-15-25)21-28-31(29,30)26-18-16-23(3)17-19-26/h4-10,12-19,28H,20-21H2,1-3H3. The summed E-state index contributed by atoms with van der Waals surface area (Å²) in [6, 6.07) is 27.1. The molecule has 160 valence electrons. The largest absolute Gasteiger partial charge is 0.240 e. The van der Waals surface area contributed by atoms with Crippen LogP contribution in [-0.4, -0.2) is 15.0 Å². The van der Waals surface area contributed by atoms with E-state index in [0.717, 1.165) is 22.3 Å². The topological polar surface area (TPSA) is 46.2 Å². The third-order valence-corrected chi connectivity index (χ3v) is 6.81. The fourth-order valence-corrected chi connectivity index (χ4v) is 4.74. The average Bonchev–Trinajstić information content (AvgIpc) is 2.77. The molecule has 0 atom stereocenters. The number of hydrogen-bond acceptors (Lipinski definition) is 2. The normalized spacial score (nSPS) is 11.6. The molecule has 0 aromatic heterocycles. The Bertz CT molecular complexity index is 1120. The molecule has 0 aliphatic heterocycles. The van der Waals surface area contributed by atoms with Crippen molar-refractivity contribution in [3.05, 3.63) is 119 Å². The van der Waals surface area contributed by atoms with Gasteiger partial charge in [-0.25, -0.2) is 13.1 Å². The summed E-state index contributed by atoms with van der Waals surface area (Å²) < 4.78 is 29.1. The summed E-state index contributed by atoms with van der Waals surface area (Å²) >= 11 is 0. The molecule has 0 saturated carbocycles. The fraction of sp³-hybridized carbons (Fsp3) is 0.222. The van der Waals surface area contributed by atoms with Gasteiger partial charge >= 0.3 is 0 Å². The molecular formula is C27H29NO2S. The Hall–Kier alpha value is -2.91. The van der Waals surface area contributed by atoms with E-state index in [4.69, 9.17) is 0 Å². The van der Waals surface area contributed by atoms with Crippen molar-refractivity contribution in [3.8, 4) is 0 Å². The van der Waals surface area contributed by atoms with Gasteiger partial charge in [0.25, 0.3) is 0 Å². The fourth-order valence-electron chi connectivity index (χ4n) is 3.64. The number of benzene rings is 3. The van der Waals surface area contributed by atoms with Crippen LogP contribution in [0.1, 0.15) is 37.0 Å². The molecule has 0 fully saturated rings. The van der Waals surface area contributed by atoms with Gasteiger partial charge in [0, 0.05) is 12.0 Å². The Labute approximate surface area is 186 Å². The number of nitrogens with one attached hydrogen (secondary N) is 1. The molecule has 3 nitrogen and oxygen atoms in total. The van der Waals surface area contributed by atoms with Crippen molar-refractivity contribution in [1.29, 1.82) is 0 Å². The summed E-state index contributed by atoms with van der Waals surface area (Å²) in [5, 5.41) is 0. The Balaban J connectivity index is 2.08. The SMILES string of the molecule is CC(C)=C=CCC(CNS(=O)(=O)c1ccc(C)cc1)(c1ccccc1)c1ccccc1. The molecule has 0 spiro atoms. The maximum absolute atomic E-state index is 13.1. The summed E-state index contributed by atoms with van der Waals surface area (Å²) in [5.41, 5.74) is 6.93. The molecule has 0 bridgehead atoms. The van der Waals surface area contributed by atoms with E-state index in [1.165, 1.54) is 0 Å². The molecule has 0 aliphatic rings. The lowest BCUT2D eigenvalue weighted by molar-refractivity contribution is 0.499. The molecule has 0 saturated heterocycles. The summed E-state index contributed by atoms with van der Waals surface area (Å²) in [6.07, 6.45) is 2.62. The van der Waals surface area contributed by atoms with E-state index in [0.29, 0.717) is 6.42 Å². The molecule has 0 radical (unpaired) electrons. The highest BCUT2D eigenvalue weighted by Gasteiger charge is 2.34. The van der Waals surface area contributed by atoms with Gasteiger partial charge in [0.05, 0.1) is 4.90 Å². The molecule has 1 N–H and O–H groups in total. The Morgan fingerprint density at radius 1 is 0.871 bits per heavy atom. The maximum Gasteiger partial charge on any atom is 0.240 e. The highest BCUT2D eigenvalue weighted by atomic mass is 32.2. The molecule has 31 heavy (non-hydrogen) atoms. The van der Waals surface area contributed by atoms with Crippen molar-refractivity contribution in [2.24, 2.45) is 0 Å². The van der Waals surface area contributed by atoms with Crippen molar-refractivity contribution in [2.45, 2.75) is 37.5 Å². The minimum absolute atomic E-state index is 0.234. The first-order valence-electron chi connectivity index (χ1n) is 10.4. The van der Waals surface area contributed by atoms with Crippen LogP contribution >= 0.6 is 0 Å². The van der Waals surface area contributed by atoms with E-state index >= 15 is 0 Å². The van der Waals surface area contributed by atoms with Crippen LogP contribution in [0.15, 0.2) is 107 Å². The van der Waals surface area contributed by atoms with Crippen LogP contribution in [0.2, 0.25) is 0 Å². The molecule has 3 aromatic rings. The first kappa shape index (κ1) is 22.8. The van der Waals surface area contributed by atoms with Crippen LogP contribution in [0, 0.1) is 6.92 Å². The summed E-state index contributed by atoms with van der Waals surface area (Å²) in [7, 11) is -3.66. The molecule has 3 rings (SSSR count). The van der Waals surface area contributed by atoms with E-state index in [9.17, 15) is 8.42 Å². The molecule has 0 aliphatic carbocycles. The molecule has 4 heteroatoms. The van der Waals surface area contributed by atoms with Gasteiger partial charge in [-0.05, 0) is 62.1 Å². The monoisotopic (exact) mass is 431 g/mol. The lowest BCUT2D eigenvalue weighted by atomic mass is 9.72.